The maximum Gasteiger partial charge on any atom is 0.301 e. The number of H-pyrrole nitrogens is 1. The second-order valence-electron chi connectivity index (χ2n) is 7.85. The van der Waals surface area contributed by atoms with Crippen molar-refractivity contribution in [1.29, 1.82) is 5.26 Å². The highest BCUT2D eigenvalue weighted by Crippen LogP contribution is 2.31. The number of aromatic amines is 1. The number of thiazole rings is 1. The molecule has 0 bridgehead atoms. The number of nitro benzene ring substituents is 1. The van der Waals surface area contributed by atoms with Gasteiger partial charge in [0.15, 0.2) is 5.69 Å². The minimum Gasteiger partial charge on any atom is -0.497 e. The van der Waals surface area contributed by atoms with E-state index in [1.165, 1.54) is 40.3 Å². The Morgan fingerprint density at radius 2 is 1.76 bits per heavy atom. The first kappa shape index (κ1) is 24.3. The number of rotatable bonds is 7. The van der Waals surface area contributed by atoms with Gasteiger partial charge < -0.3 is 4.74 Å². The minimum atomic E-state index is -0.521. The van der Waals surface area contributed by atoms with E-state index in [1.54, 1.807) is 31.4 Å². The van der Waals surface area contributed by atoms with Gasteiger partial charge in [0, 0.05) is 28.6 Å². The van der Waals surface area contributed by atoms with Crippen LogP contribution in [-0.2, 0) is 0 Å². The molecule has 0 aliphatic carbocycles. The maximum atomic E-state index is 13.5. The average molecular weight is 524 g/mol. The molecule has 0 saturated heterocycles. The summed E-state index contributed by atoms with van der Waals surface area (Å²) in [5.74, 6) is 0.713. The van der Waals surface area contributed by atoms with Crippen molar-refractivity contribution in [3.63, 3.8) is 0 Å². The van der Waals surface area contributed by atoms with E-state index in [2.05, 4.69) is 20.3 Å². The summed E-state index contributed by atoms with van der Waals surface area (Å²) in [4.78, 5) is 28.7. The number of methoxy groups -OCH3 is 1. The molecule has 0 fully saturated rings. The summed E-state index contributed by atoms with van der Waals surface area (Å²) in [6.07, 6.45) is 0. The monoisotopic (exact) mass is 523 g/mol. The van der Waals surface area contributed by atoms with Crippen LogP contribution < -0.4 is 10.3 Å². The van der Waals surface area contributed by atoms with E-state index in [0.29, 0.717) is 39.1 Å². The molecule has 0 atom stereocenters. The van der Waals surface area contributed by atoms with Crippen LogP contribution in [0.4, 0.5) is 17.1 Å². The zero-order valence-corrected chi connectivity index (χ0v) is 20.5. The van der Waals surface area contributed by atoms with Crippen molar-refractivity contribution in [2.75, 3.05) is 7.11 Å². The van der Waals surface area contributed by atoms with Crippen molar-refractivity contribution in [3.8, 4) is 39.5 Å². The summed E-state index contributed by atoms with van der Waals surface area (Å²) in [5.41, 5.74) is 2.24. The molecule has 2 aromatic heterocycles. The Morgan fingerprint density at radius 1 is 1.05 bits per heavy atom. The van der Waals surface area contributed by atoms with Crippen LogP contribution in [0.3, 0.4) is 0 Å². The SMILES string of the molecule is COc1ccc(-c2csc(-n3[nH]c(-c4ccc([N+](=O)[O-])cc4)c(N=Nc4ccccc4C#N)c3=O)n2)cc1. The van der Waals surface area contributed by atoms with Gasteiger partial charge in [-0.15, -0.1) is 21.6 Å². The number of benzene rings is 3. The van der Waals surface area contributed by atoms with Gasteiger partial charge in [0.05, 0.1) is 29.0 Å². The molecule has 0 aliphatic rings. The number of nitrogens with one attached hydrogen (secondary N) is 1. The highest BCUT2D eigenvalue weighted by atomic mass is 32.1. The predicted octanol–water partition coefficient (Wildman–Crippen LogP) is 6.16. The van der Waals surface area contributed by atoms with Gasteiger partial charge in [-0.05, 0) is 48.5 Å². The summed E-state index contributed by atoms with van der Waals surface area (Å²) < 4.78 is 6.45. The lowest BCUT2D eigenvalue weighted by molar-refractivity contribution is -0.384. The van der Waals surface area contributed by atoms with Crippen LogP contribution >= 0.6 is 11.3 Å². The Morgan fingerprint density at radius 3 is 2.45 bits per heavy atom. The fourth-order valence-corrected chi connectivity index (χ4v) is 4.42. The Kier molecular flexibility index (Phi) is 6.58. The maximum absolute atomic E-state index is 13.5. The van der Waals surface area contributed by atoms with Crippen LogP contribution in [0.2, 0.25) is 0 Å². The zero-order valence-electron chi connectivity index (χ0n) is 19.7. The van der Waals surface area contributed by atoms with E-state index in [4.69, 9.17) is 4.74 Å². The van der Waals surface area contributed by atoms with Gasteiger partial charge in [-0.1, -0.05) is 12.1 Å². The van der Waals surface area contributed by atoms with Gasteiger partial charge >= 0.3 is 5.56 Å². The Bertz CT molecular complexity index is 1760. The van der Waals surface area contributed by atoms with E-state index in [0.717, 1.165) is 5.56 Å². The van der Waals surface area contributed by atoms with Crippen molar-refractivity contribution >= 4 is 28.4 Å². The molecule has 1 N–H and O–H groups in total. The zero-order chi connectivity index (χ0) is 26.6. The number of non-ortho nitro benzene ring substituents is 1. The lowest BCUT2D eigenvalue weighted by Gasteiger charge is -2.01. The lowest BCUT2D eigenvalue weighted by atomic mass is 10.1. The molecule has 11 nitrogen and oxygen atoms in total. The van der Waals surface area contributed by atoms with Crippen LogP contribution in [0.15, 0.2) is 93.2 Å². The molecule has 3 aromatic carbocycles. The Labute approximate surface area is 219 Å². The van der Waals surface area contributed by atoms with Gasteiger partial charge in [0.2, 0.25) is 5.13 Å². The Balaban J connectivity index is 1.60. The first-order valence-corrected chi connectivity index (χ1v) is 12.0. The molecule has 0 spiro atoms. The third-order valence-electron chi connectivity index (χ3n) is 5.58. The smallest absolute Gasteiger partial charge is 0.301 e. The molecular formula is C26H17N7O4S. The van der Waals surface area contributed by atoms with E-state index in [9.17, 15) is 20.2 Å². The summed E-state index contributed by atoms with van der Waals surface area (Å²) in [5, 5.41) is 34.0. The highest BCUT2D eigenvalue weighted by Gasteiger charge is 2.20. The van der Waals surface area contributed by atoms with E-state index < -0.39 is 10.5 Å². The molecule has 0 amide bonds. The number of nitriles is 1. The molecular weight excluding hydrogens is 506 g/mol. The fraction of sp³-hybridized carbons (Fsp3) is 0.0385. The predicted molar refractivity (Wildman–Crippen MR) is 141 cm³/mol. The summed E-state index contributed by atoms with van der Waals surface area (Å²) in [6, 6.07) is 21.7. The number of hydrogen-bond acceptors (Lipinski definition) is 9. The number of ether oxygens (including phenoxy) is 1. The lowest BCUT2D eigenvalue weighted by Crippen LogP contribution is -2.13. The fourth-order valence-electron chi connectivity index (χ4n) is 3.63. The van der Waals surface area contributed by atoms with Crippen molar-refractivity contribution < 1.29 is 9.66 Å². The van der Waals surface area contributed by atoms with Crippen molar-refractivity contribution in [1.82, 2.24) is 14.8 Å². The molecule has 0 aliphatic heterocycles. The van der Waals surface area contributed by atoms with Gasteiger partial charge in [0.1, 0.15) is 17.5 Å². The molecule has 0 unspecified atom stereocenters. The number of aromatic nitrogens is 3. The highest BCUT2D eigenvalue weighted by molar-refractivity contribution is 7.12. The second kappa shape index (κ2) is 10.3. The topological polar surface area (TPSA) is 152 Å². The van der Waals surface area contributed by atoms with E-state index in [-0.39, 0.29) is 11.4 Å². The Hall–Kier alpha value is -5.41. The number of nitro groups is 1. The van der Waals surface area contributed by atoms with Crippen LogP contribution in [0.25, 0.3) is 27.6 Å². The molecule has 0 radical (unpaired) electrons. The average Bonchev–Trinajstić information content (AvgIpc) is 3.57. The van der Waals surface area contributed by atoms with Crippen molar-refractivity contribution in [2.24, 2.45) is 10.2 Å². The summed E-state index contributed by atoms with van der Waals surface area (Å²) in [7, 11) is 1.59. The van der Waals surface area contributed by atoms with Gasteiger partial charge in [-0.25, -0.2) is 4.98 Å². The minimum absolute atomic E-state index is 0.0345. The largest absolute Gasteiger partial charge is 0.497 e. The third-order valence-corrected chi connectivity index (χ3v) is 6.41. The molecule has 0 saturated carbocycles. The van der Waals surface area contributed by atoms with E-state index in [1.807, 2.05) is 35.7 Å². The number of nitrogens with zero attached hydrogens (tertiary/aromatic N) is 6. The second-order valence-corrected chi connectivity index (χ2v) is 8.69. The van der Waals surface area contributed by atoms with Gasteiger partial charge in [-0.2, -0.15) is 9.94 Å². The van der Waals surface area contributed by atoms with Crippen molar-refractivity contribution in [2.45, 2.75) is 0 Å². The van der Waals surface area contributed by atoms with Crippen LogP contribution in [-0.4, -0.2) is 26.8 Å². The molecule has 5 aromatic rings. The van der Waals surface area contributed by atoms with Gasteiger partial charge in [-0.3, -0.25) is 20.0 Å². The molecule has 2 heterocycles. The number of azo groups is 1. The molecule has 186 valence electrons. The standard InChI is InChI=1S/C26H17N7O4S/c1-37-20-12-8-16(9-13-20)22-15-38-26(28-22)32-25(34)24(30-29-21-5-3-2-4-18(21)14-27)23(31-32)17-6-10-19(11-7-17)33(35)36/h2-13,15,31H,1H3. The quantitative estimate of drug-likeness (QED) is 0.153. The van der Waals surface area contributed by atoms with Crippen LogP contribution in [0, 0.1) is 21.4 Å². The molecule has 12 heteroatoms. The first-order valence-electron chi connectivity index (χ1n) is 11.1. The van der Waals surface area contributed by atoms with Crippen molar-refractivity contribution in [3.05, 3.63) is 104 Å². The molecule has 5 rings (SSSR count). The van der Waals surface area contributed by atoms with Crippen LogP contribution in [0.1, 0.15) is 5.56 Å². The summed E-state index contributed by atoms with van der Waals surface area (Å²) >= 11 is 1.25. The number of hydrogen-bond donors (Lipinski definition) is 1. The first-order chi connectivity index (χ1) is 18.5. The third kappa shape index (κ3) is 4.69. The van der Waals surface area contributed by atoms with E-state index >= 15 is 0 Å². The normalized spacial score (nSPS) is 10.9. The van der Waals surface area contributed by atoms with Gasteiger partial charge in [0.25, 0.3) is 5.69 Å². The summed E-state index contributed by atoms with van der Waals surface area (Å²) in [6.45, 7) is 0. The van der Waals surface area contributed by atoms with Crippen LogP contribution in [0.5, 0.6) is 5.75 Å². The molecule has 38 heavy (non-hydrogen) atoms.